The van der Waals surface area contributed by atoms with E-state index < -0.39 is 5.54 Å². The van der Waals surface area contributed by atoms with Crippen molar-refractivity contribution in [2.24, 2.45) is 5.73 Å². The molecule has 1 aromatic carbocycles. The molecule has 18 heavy (non-hydrogen) atoms. The van der Waals surface area contributed by atoms with Crippen LogP contribution in [0.5, 0.6) is 5.75 Å². The number of ether oxygens (including phenoxy) is 1. The Morgan fingerprint density at radius 1 is 1.50 bits per heavy atom. The van der Waals surface area contributed by atoms with Gasteiger partial charge in [-0.25, -0.2) is 0 Å². The van der Waals surface area contributed by atoms with Gasteiger partial charge < -0.3 is 15.8 Å². The summed E-state index contributed by atoms with van der Waals surface area (Å²) in [4.78, 5) is 11.9. The second kappa shape index (κ2) is 5.71. The summed E-state index contributed by atoms with van der Waals surface area (Å²) in [6.07, 6.45) is 0.256. The Balaban J connectivity index is 2.94. The molecule has 0 unspecified atom stereocenters. The number of methoxy groups -OCH3 is 1. The zero-order valence-corrected chi connectivity index (χ0v) is 12.7. The van der Waals surface area contributed by atoms with Gasteiger partial charge in [0.05, 0.1) is 12.8 Å². The third kappa shape index (κ3) is 4.31. The van der Waals surface area contributed by atoms with Gasteiger partial charge in [-0.3, -0.25) is 4.79 Å². The minimum atomic E-state index is -0.527. The Labute approximate surface area is 116 Å². The summed E-state index contributed by atoms with van der Waals surface area (Å²) in [5.41, 5.74) is 6.92. The zero-order chi connectivity index (χ0) is 13.9. The highest BCUT2D eigenvalue weighted by atomic mass is 79.9. The minimum Gasteiger partial charge on any atom is -0.495 e. The van der Waals surface area contributed by atoms with Crippen molar-refractivity contribution in [3.63, 3.8) is 0 Å². The van der Waals surface area contributed by atoms with Crippen LogP contribution in [0.15, 0.2) is 16.6 Å². The molecule has 0 fully saturated rings. The smallest absolute Gasteiger partial charge is 0.226 e. The van der Waals surface area contributed by atoms with Gasteiger partial charge in [0.1, 0.15) is 5.75 Å². The van der Waals surface area contributed by atoms with E-state index >= 15 is 0 Å². The minimum absolute atomic E-state index is 0.119. The van der Waals surface area contributed by atoms with E-state index in [2.05, 4.69) is 21.2 Å². The Hall–Kier alpha value is -1.07. The lowest BCUT2D eigenvalue weighted by Crippen LogP contribution is -2.36. The number of hydrogen-bond acceptors (Lipinski definition) is 3. The maximum absolute atomic E-state index is 11.9. The van der Waals surface area contributed by atoms with Crippen molar-refractivity contribution < 1.29 is 9.53 Å². The van der Waals surface area contributed by atoms with Gasteiger partial charge in [0.25, 0.3) is 0 Å². The second-order valence-corrected chi connectivity index (χ2v) is 5.93. The standard InChI is InChI=1S/C13H19BrN2O2/c1-8-5-9(14)6-10(18-4)12(8)16-11(17)7-13(2,3)15/h5-6H,7,15H2,1-4H3,(H,16,17). The van der Waals surface area contributed by atoms with Crippen LogP contribution in [-0.2, 0) is 4.79 Å². The van der Waals surface area contributed by atoms with Crippen LogP contribution in [0.3, 0.4) is 0 Å². The lowest BCUT2D eigenvalue weighted by Gasteiger charge is -2.19. The van der Waals surface area contributed by atoms with Crippen molar-refractivity contribution in [3.05, 3.63) is 22.2 Å². The van der Waals surface area contributed by atoms with Crippen LogP contribution in [0.25, 0.3) is 0 Å². The number of rotatable bonds is 4. The Morgan fingerprint density at radius 3 is 2.61 bits per heavy atom. The molecule has 0 aliphatic rings. The normalized spacial score (nSPS) is 11.2. The van der Waals surface area contributed by atoms with Gasteiger partial charge in [0.15, 0.2) is 0 Å². The molecule has 100 valence electrons. The van der Waals surface area contributed by atoms with Crippen molar-refractivity contribution in [2.75, 3.05) is 12.4 Å². The van der Waals surface area contributed by atoms with Crippen LogP contribution in [0.1, 0.15) is 25.8 Å². The molecule has 4 nitrogen and oxygen atoms in total. The maximum Gasteiger partial charge on any atom is 0.226 e. The van der Waals surface area contributed by atoms with Crippen LogP contribution < -0.4 is 15.8 Å². The van der Waals surface area contributed by atoms with Gasteiger partial charge >= 0.3 is 0 Å². The SMILES string of the molecule is COc1cc(Br)cc(C)c1NC(=O)CC(C)(C)N. The number of halogens is 1. The number of nitrogens with two attached hydrogens (primary N) is 1. The van der Waals surface area contributed by atoms with E-state index in [-0.39, 0.29) is 12.3 Å². The molecule has 5 heteroatoms. The van der Waals surface area contributed by atoms with E-state index in [4.69, 9.17) is 10.5 Å². The average molecular weight is 315 g/mol. The molecule has 0 saturated carbocycles. The van der Waals surface area contributed by atoms with E-state index in [1.54, 1.807) is 7.11 Å². The lowest BCUT2D eigenvalue weighted by molar-refractivity contribution is -0.117. The molecule has 0 aliphatic heterocycles. The monoisotopic (exact) mass is 314 g/mol. The van der Waals surface area contributed by atoms with Crippen molar-refractivity contribution in [1.29, 1.82) is 0 Å². The van der Waals surface area contributed by atoms with E-state index in [9.17, 15) is 4.79 Å². The molecule has 1 rings (SSSR count). The molecule has 0 atom stereocenters. The van der Waals surface area contributed by atoms with Crippen LogP contribution >= 0.6 is 15.9 Å². The van der Waals surface area contributed by atoms with Gasteiger partial charge in [0.2, 0.25) is 5.91 Å². The Bertz CT molecular complexity index is 453. The quantitative estimate of drug-likeness (QED) is 0.898. The molecular formula is C13H19BrN2O2. The summed E-state index contributed by atoms with van der Waals surface area (Å²) < 4.78 is 6.17. The molecule has 0 aromatic heterocycles. The van der Waals surface area contributed by atoms with Gasteiger partial charge in [-0.15, -0.1) is 0 Å². The number of hydrogen-bond donors (Lipinski definition) is 2. The third-order valence-electron chi connectivity index (χ3n) is 2.36. The first-order valence-electron chi connectivity index (χ1n) is 5.66. The first-order valence-corrected chi connectivity index (χ1v) is 6.45. The topological polar surface area (TPSA) is 64.3 Å². The number of carbonyl (C=O) groups excluding carboxylic acids is 1. The lowest BCUT2D eigenvalue weighted by atomic mass is 10.0. The van der Waals surface area contributed by atoms with Crippen molar-refractivity contribution >= 4 is 27.5 Å². The highest BCUT2D eigenvalue weighted by Gasteiger charge is 2.18. The van der Waals surface area contributed by atoms with E-state index in [0.717, 1.165) is 10.0 Å². The highest BCUT2D eigenvalue weighted by Crippen LogP contribution is 2.32. The van der Waals surface area contributed by atoms with Crippen LogP contribution in [0.4, 0.5) is 5.69 Å². The predicted octanol–water partition coefficient (Wildman–Crippen LogP) is 2.83. The van der Waals surface area contributed by atoms with Crippen LogP contribution in [0.2, 0.25) is 0 Å². The van der Waals surface area contributed by atoms with Gasteiger partial charge in [-0.1, -0.05) is 15.9 Å². The van der Waals surface area contributed by atoms with Crippen LogP contribution in [-0.4, -0.2) is 18.6 Å². The molecule has 0 radical (unpaired) electrons. The van der Waals surface area contributed by atoms with Gasteiger partial charge in [-0.05, 0) is 38.5 Å². The highest BCUT2D eigenvalue weighted by molar-refractivity contribution is 9.10. The third-order valence-corrected chi connectivity index (χ3v) is 2.82. The van der Waals surface area contributed by atoms with E-state index in [0.29, 0.717) is 11.4 Å². The van der Waals surface area contributed by atoms with Crippen molar-refractivity contribution in [3.8, 4) is 5.75 Å². The number of nitrogens with one attached hydrogen (secondary N) is 1. The summed E-state index contributed by atoms with van der Waals surface area (Å²) >= 11 is 3.39. The predicted molar refractivity (Wildman–Crippen MR) is 76.9 cm³/mol. The molecular weight excluding hydrogens is 296 g/mol. The van der Waals surface area contributed by atoms with Crippen LogP contribution in [0, 0.1) is 6.92 Å². The summed E-state index contributed by atoms with van der Waals surface area (Å²) in [5, 5.41) is 2.85. The maximum atomic E-state index is 11.9. The second-order valence-electron chi connectivity index (χ2n) is 5.01. The number of amides is 1. The number of benzene rings is 1. The fourth-order valence-electron chi connectivity index (χ4n) is 1.63. The zero-order valence-electron chi connectivity index (χ0n) is 11.1. The van der Waals surface area contributed by atoms with E-state index in [1.807, 2.05) is 32.9 Å². The fraction of sp³-hybridized carbons (Fsp3) is 0.462. The molecule has 1 amide bonds. The molecule has 0 bridgehead atoms. The number of aryl methyl sites for hydroxylation is 1. The Kier molecular flexibility index (Phi) is 4.76. The number of anilines is 1. The molecule has 1 aromatic rings. The summed E-state index contributed by atoms with van der Waals surface area (Å²) in [6.45, 7) is 5.55. The molecule has 0 aliphatic carbocycles. The Morgan fingerprint density at radius 2 is 2.11 bits per heavy atom. The summed E-state index contributed by atoms with van der Waals surface area (Å²) in [6, 6.07) is 3.74. The van der Waals surface area contributed by atoms with Crippen molar-refractivity contribution in [1.82, 2.24) is 0 Å². The molecule has 0 heterocycles. The van der Waals surface area contributed by atoms with E-state index in [1.165, 1.54) is 0 Å². The first kappa shape index (κ1) is 15.0. The molecule has 0 saturated heterocycles. The summed E-state index contributed by atoms with van der Waals surface area (Å²) in [7, 11) is 1.57. The number of carbonyl (C=O) groups is 1. The van der Waals surface area contributed by atoms with Gasteiger partial charge in [0, 0.05) is 16.4 Å². The fourth-order valence-corrected chi connectivity index (χ4v) is 2.18. The molecule has 3 N–H and O–H groups in total. The first-order chi connectivity index (χ1) is 8.23. The summed E-state index contributed by atoms with van der Waals surface area (Å²) in [5.74, 6) is 0.510. The van der Waals surface area contributed by atoms with Gasteiger partial charge in [-0.2, -0.15) is 0 Å². The average Bonchev–Trinajstić information content (AvgIpc) is 2.18. The largest absolute Gasteiger partial charge is 0.495 e. The van der Waals surface area contributed by atoms with Crippen molar-refractivity contribution in [2.45, 2.75) is 32.7 Å². The molecule has 0 spiro atoms.